The zero-order valence-electron chi connectivity index (χ0n) is 24.8. The van der Waals surface area contributed by atoms with E-state index in [0.717, 1.165) is 31.4 Å². The second kappa shape index (κ2) is 13.7. The summed E-state index contributed by atoms with van der Waals surface area (Å²) >= 11 is 7.01. The lowest BCUT2D eigenvalue weighted by Crippen LogP contribution is -2.58. The van der Waals surface area contributed by atoms with E-state index in [1.165, 1.54) is 0 Å². The lowest BCUT2D eigenvalue weighted by atomic mass is 10.0. The van der Waals surface area contributed by atoms with Crippen LogP contribution in [0.1, 0.15) is 24.0 Å². The molecule has 3 aliphatic heterocycles. The van der Waals surface area contributed by atoms with E-state index in [1.54, 1.807) is 11.1 Å². The molecule has 13 heteroatoms. The van der Waals surface area contributed by atoms with Crippen LogP contribution in [0.15, 0.2) is 69.9 Å². The largest absolute Gasteiger partial charge is 0.397 e. The van der Waals surface area contributed by atoms with Crippen LogP contribution in [0.3, 0.4) is 0 Å². The predicted molar refractivity (Wildman–Crippen MR) is 181 cm³/mol. The van der Waals surface area contributed by atoms with Gasteiger partial charge in [-0.25, -0.2) is 9.59 Å². The molecule has 236 valence electrons. The summed E-state index contributed by atoms with van der Waals surface area (Å²) in [6.45, 7) is 3.98. The Morgan fingerprint density at radius 1 is 0.978 bits per heavy atom. The monoisotopic (exact) mass is 738 g/mol. The number of nitrogens with one attached hydrogen (secondary N) is 2. The van der Waals surface area contributed by atoms with Crippen molar-refractivity contribution in [2.24, 2.45) is 0 Å². The predicted octanol–water partition coefficient (Wildman–Crippen LogP) is 4.67. The van der Waals surface area contributed by atoms with Gasteiger partial charge in [0.25, 0.3) is 0 Å². The fourth-order valence-corrected chi connectivity index (χ4v) is 7.56. The minimum atomic E-state index is -0.757. The average Bonchev–Trinajstić information content (AvgIpc) is 3.06. The summed E-state index contributed by atoms with van der Waals surface area (Å²) in [5.41, 5.74) is 10.5. The Balaban J connectivity index is 1.11. The Bertz CT molecular complexity index is 1540. The molecule has 4 heterocycles. The van der Waals surface area contributed by atoms with Gasteiger partial charge in [0.2, 0.25) is 5.91 Å². The number of urea groups is 2. The third-order valence-electron chi connectivity index (χ3n) is 8.83. The van der Waals surface area contributed by atoms with E-state index in [4.69, 9.17) is 5.73 Å². The van der Waals surface area contributed by atoms with Crippen LogP contribution in [-0.4, -0.2) is 89.0 Å². The summed E-state index contributed by atoms with van der Waals surface area (Å²) in [5.74, 6) is -0.114. The van der Waals surface area contributed by atoms with Gasteiger partial charge in [-0.05, 0) is 86.2 Å². The molecule has 2 fully saturated rings. The summed E-state index contributed by atoms with van der Waals surface area (Å²) in [7, 11) is 0. The first kappa shape index (κ1) is 31.2. The van der Waals surface area contributed by atoms with Crippen LogP contribution >= 0.6 is 31.9 Å². The number of pyridine rings is 1. The van der Waals surface area contributed by atoms with Gasteiger partial charge in [0, 0.05) is 79.1 Å². The van der Waals surface area contributed by atoms with E-state index in [0.29, 0.717) is 70.8 Å². The number of amides is 5. The highest BCUT2D eigenvalue weighted by Crippen LogP contribution is 2.31. The van der Waals surface area contributed by atoms with Crippen LogP contribution in [0, 0.1) is 0 Å². The molecule has 11 nitrogen and oxygen atoms in total. The number of para-hydroxylation sites is 1. The number of carbonyl (C=O) groups is 3. The van der Waals surface area contributed by atoms with E-state index in [1.807, 2.05) is 64.5 Å². The number of piperidine rings is 1. The molecule has 4 N–H and O–H groups in total. The fraction of sp³-hybridized carbons (Fsp3) is 0.375. The molecule has 2 aromatic carbocycles. The van der Waals surface area contributed by atoms with Gasteiger partial charge in [-0.3, -0.25) is 9.78 Å². The number of anilines is 3. The van der Waals surface area contributed by atoms with Crippen molar-refractivity contribution in [3.63, 3.8) is 0 Å². The van der Waals surface area contributed by atoms with Crippen molar-refractivity contribution in [2.75, 3.05) is 55.2 Å². The van der Waals surface area contributed by atoms with Crippen LogP contribution in [0.25, 0.3) is 0 Å². The van der Waals surface area contributed by atoms with E-state index in [9.17, 15) is 14.4 Å². The molecule has 0 unspecified atom stereocenters. The van der Waals surface area contributed by atoms with Crippen LogP contribution < -0.4 is 21.3 Å². The number of carbonyl (C=O) groups excluding carboxylic acids is 3. The highest BCUT2D eigenvalue weighted by Gasteiger charge is 2.35. The smallest absolute Gasteiger partial charge is 0.322 e. The fourth-order valence-electron chi connectivity index (χ4n) is 6.27. The number of nitrogens with two attached hydrogens (primary N) is 1. The summed E-state index contributed by atoms with van der Waals surface area (Å²) in [6.07, 6.45) is 5.22. The summed E-state index contributed by atoms with van der Waals surface area (Å²) < 4.78 is 1.45. The van der Waals surface area contributed by atoms with Crippen LogP contribution in [0.4, 0.5) is 26.7 Å². The van der Waals surface area contributed by atoms with Gasteiger partial charge >= 0.3 is 12.1 Å². The number of hydrogen-bond acceptors (Lipinski definition) is 6. The van der Waals surface area contributed by atoms with Gasteiger partial charge in [0.1, 0.15) is 6.04 Å². The number of nitrogen functional groups attached to an aromatic ring is 1. The first-order chi connectivity index (χ1) is 21.8. The molecular formula is C32H36Br2N8O3. The molecule has 3 aliphatic rings. The Morgan fingerprint density at radius 2 is 1.69 bits per heavy atom. The summed E-state index contributed by atoms with van der Waals surface area (Å²) in [6, 6.07) is 14.4. The second-order valence-corrected chi connectivity index (χ2v) is 13.3. The van der Waals surface area contributed by atoms with Crippen LogP contribution in [0.5, 0.6) is 0 Å². The average molecular weight is 741 g/mol. The molecule has 0 radical (unpaired) electrons. The molecule has 1 aromatic heterocycles. The van der Waals surface area contributed by atoms with Crippen LogP contribution in [-0.2, 0) is 17.8 Å². The molecule has 0 aliphatic carbocycles. The van der Waals surface area contributed by atoms with Crippen molar-refractivity contribution in [3.8, 4) is 0 Å². The normalized spacial score (nSPS) is 17.9. The Labute approximate surface area is 279 Å². The minimum absolute atomic E-state index is 0.0282. The molecule has 0 bridgehead atoms. The minimum Gasteiger partial charge on any atom is -0.397 e. The third-order valence-corrected chi connectivity index (χ3v) is 10.1. The molecule has 5 amide bonds. The second-order valence-electron chi connectivity index (χ2n) is 11.6. The zero-order valence-corrected chi connectivity index (χ0v) is 28.0. The number of benzene rings is 2. The third kappa shape index (κ3) is 7.04. The van der Waals surface area contributed by atoms with Gasteiger partial charge in [0.15, 0.2) is 0 Å². The van der Waals surface area contributed by atoms with Gasteiger partial charge in [-0.2, -0.15) is 0 Å². The lowest BCUT2D eigenvalue weighted by Gasteiger charge is -2.41. The standard InChI is InChI=1S/C32H36Br2N8O3/c33-25-16-21(17-26(34)29(25)35)18-28(30(43)40-14-12-39(13-15-40)24-5-3-9-36-19-24)38-31(44)41-10-7-23(8-11-41)42-20-22-4-1-2-6-27(22)37-32(42)45/h1-6,9,16-17,19,23,28H,7-8,10-15,18,20,35H2,(H,37,45)(H,38,44)/t28-/m1/s1. The highest BCUT2D eigenvalue weighted by atomic mass is 79.9. The molecule has 45 heavy (non-hydrogen) atoms. The van der Waals surface area contributed by atoms with E-state index >= 15 is 0 Å². The van der Waals surface area contributed by atoms with Gasteiger partial charge in [0.05, 0.1) is 17.6 Å². The molecule has 2 saturated heterocycles. The molecule has 1 atom stereocenters. The molecule has 3 aromatic rings. The number of halogens is 2. The molecular weight excluding hydrogens is 704 g/mol. The van der Waals surface area contributed by atoms with Crippen molar-refractivity contribution < 1.29 is 14.4 Å². The van der Waals surface area contributed by atoms with Gasteiger partial charge in [-0.15, -0.1) is 0 Å². The van der Waals surface area contributed by atoms with E-state index in [-0.39, 0.29) is 24.0 Å². The number of fused-ring (bicyclic) bond motifs is 1. The zero-order chi connectivity index (χ0) is 31.5. The quantitative estimate of drug-likeness (QED) is 0.316. The van der Waals surface area contributed by atoms with Crippen molar-refractivity contribution in [1.29, 1.82) is 0 Å². The van der Waals surface area contributed by atoms with Crippen molar-refractivity contribution in [3.05, 3.63) is 81.0 Å². The number of hydrogen-bond donors (Lipinski definition) is 3. The first-order valence-electron chi connectivity index (χ1n) is 15.1. The molecule has 0 saturated carbocycles. The van der Waals surface area contributed by atoms with Crippen molar-refractivity contribution >= 4 is 66.9 Å². The topological polar surface area (TPSA) is 127 Å². The van der Waals surface area contributed by atoms with Gasteiger partial charge < -0.3 is 36.0 Å². The van der Waals surface area contributed by atoms with Crippen LogP contribution in [0.2, 0.25) is 0 Å². The number of piperazine rings is 1. The molecule has 6 rings (SSSR count). The maximum atomic E-state index is 14.0. The molecule has 0 spiro atoms. The number of likely N-dealkylation sites (tertiary alicyclic amines) is 1. The van der Waals surface area contributed by atoms with E-state index in [2.05, 4.69) is 52.4 Å². The number of nitrogens with zero attached hydrogens (tertiary/aromatic N) is 5. The Hall–Kier alpha value is -3.84. The number of aromatic nitrogens is 1. The summed E-state index contributed by atoms with van der Waals surface area (Å²) in [5, 5.41) is 6.05. The first-order valence-corrected chi connectivity index (χ1v) is 16.7. The van der Waals surface area contributed by atoms with Crippen molar-refractivity contribution in [1.82, 2.24) is 25.0 Å². The summed E-state index contributed by atoms with van der Waals surface area (Å²) in [4.78, 5) is 52.3. The highest BCUT2D eigenvalue weighted by molar-refractivity contribution is 9.11. The SMILES string of the molecule is Nc1c(Br)cc(C[C@@H](NC(=O)N2CCC(N3Cc4ccccc4NC3=O)CC2)C(=O)N2CCN(c3cccnc3)CC2)cc1Br. The van der Waals surface area contributed by atoms with E-state index < -0.39 is 6.04 Å². The lowest BCUT2D eigenvalue weighted by molar-refractivity contribution is -0.133. The van der Waals surface area contributed by atoms with Crippen molar-refractivity contribution in [2.45, 2.75) is 37.9 Å². The Kier molecular flexibility index (Phi) is 9.45. The maximum Gasteiger partial charge on any atom is 0.322 e. The Morgan fingerprint density at radius 3 is 2.38 bits per heavy atom. The number of rotatable bonds is 6. The maximum absolute atomic E-state index is 14.0. The van der Waals surface area contributed by atoms with Gasteiger partial charge in [-0.1, -0.05) is 18.2 Å².